The molecule has 3 aromatic rings. The topological polar surface area (TPSA) is 88.9 Å². The molecule has 1 heterocycles. The minimum atomic E-state index is -4.48. The van der Waals surface area contributed by atoms with E-state index in [1.165, 1.54) is 23.3 Å². The highest BCUT2D eigenvalue weighted by atomic mass is 32.2. The standard InChI is InChI=1S/C21H19F3N2O5S/c1-32(28,29)31-18-5-2-4-15(12-18)13-26(14-19-6-3-11-30-19)20(27)25-17-9-7-16(8-10-17)21(22,23)24/h2-12H,13-14H2,1H3,(H,25,27). The molecule has 0 atom stereocenters. The van der Waals surface area contributed by atoms with E-state index in [9.17, 15) is 26.4 Å². The number of halogens is 3. The third-order valence-electron chi connectivity index (χ3n) is 4.20. The Morgan fingerprint density at radius 2 is 1.78 bits per heavy atom. The van der Waals surface area contributed by atoms with Crippen LogP contribution in [0.1, 0.15) is 16.9 Å². The number of carbonyl (C=O) groups excluding carboxylic acids is 1. The van der Waals surface area contributed by atoms with Crippen LogP contribution in [0.15, 0.2) is 71.3 Å². The van der Waals surface area contributed by atoms with Crippen LogP contribution in [0.4, 0.5) is 23.7 Å². The van der Waals surface area contributed by atoms with Crippen molar-refractivity contribution in [1.29, 1.82) is 0 Å². The van der Waals surface area contributed by atoms with Gasteiger partial charge in [-0.05, 0) is 54.1 Å². The van der Waals surface area contributed by atoms with E-state index in [0.29, 0.717) is 11.3 Å². The number of urea groups is 1. The molecule has 0 bridgehead atoms. The van der Waals surface area contributed by atoms with Gasteiger partial charge >= 0.3 is 22.3 Å². The van der Waals surface area contributed by atoms with Crippen molar-refractivity contribution < 1.29 is 35.0 Å². The first-order valence-electron chi connectivity index (χ1n) is 9.23. The molecule has 0 aliphatic carbocycles. The van der Waals surface area contributed by atoms with Crippen molar-refractivity contribution in [2.24, 2.45) is 0 Å². The van der Waals surface area contributed by atoms with Crippen LogP contribution < -0.4 is 9.50 Å². The van der Waals surface area contributed by atoms with Gasteiger partial charge in [0.15, 0.2) is 0 Å². The van der Waals surface area contributed by atoms with Crippen LogP contribution >= 0.6 is 0 Å². The third kappa shape index (κ3) is 6.77. The Hall–Kier alpha value is -3.47. The summed E-state index contributed by atoms with van der Waals surface area (Å²) in [6.07, 6.45) is -2.12. The lowest BCUT2D eigenvalue weighted by molar-refractivity contribution is -0.137. The Morgan fingerprint density at radius 1 is 1.06 bits per heavy atom. The summed E-state index contributed by atoms with van der Waals surface area (Å²) in [6, 6.07) is 13.0. The van der Waals surface area contributed by atoms with Crippen molar-refractivity contribution in [3.63, 3.8) is 0 Å². The summed E-state index contributed by atoms with van der Waals surface area (Å²) >= 11 is 0. The molecular weight excluding hydrogens is 449 g/mol. The van der Waals surface area contributed by atoms with Gasteiger partial charge in [0.05, 0.1) is 24.6 Å². The lowest BCUT2D eigenvalue weighted by Crippen LogP contribution is -2.34. The predicted octanol–water partition coefficient (Wildman–Crippen LogP) is 4.87. The highest BCUT2D eigenvalue weighted by Gasteiger charge is 2.30. The Labute approximate surface area is 182 Å². The van der Waals surface area contributed by atoms with E-state index in [1.807, 2.05) is 0 Å². The number of hydrogen-bond acceptors (Lipinski definition) is 5. The van der Waals surface area contributed by atoms with Gasteiger partial charge in [-0.2, -0.15) is 21.6 Å². The van der Waals surface area contributed by atoms with Gasteiger partial charge in [-0.1, -0.05) is 12.1 Å². The summed E-state index contributed by atoms with van der Waals surface area (Å²) in [5.41, 5.74) is -0.0764. The minimum Gasteiger partial charge on any atom is -0.467 e. The molecule has 0 unspecified atom stereocenters. The molecule has 32 heavy (non-hydrogen) atoms. The first-order valence-corrected chi connectivity index (χ1v) is 11.1. The van der Waals surface area contributed by atoms with Gasteiger partial charge in [0.1, 0.15) is 11.5 Å². The normalized spacial score (nSPS) is 11.8. The van der Waals surface area contributed by atoms with Gasteiger partial charge in [0.25, 0.3) is 0 Å². The molecule has 0 aliphatic rings. The second-order valence-corrected chi connectivity index (χ2v) is 8.45. The SMILES string of the molecule is CS(=O)(=O)Oc1cccc(CN(Cc2ccco2)C(=O)Nc2ccc(C(F)(F)F)cc2)c1. The lowest BCUT2D eigenvalue weighted by Gasteiger charge is -2.23. The summed E-state index contributed by atoms with van der Waals surface area (Å²) in [6.45, 7) is 0.116. The predicted molar refractivity (Wildman–Crippen MR) is 110 cm³/mol. The molecule has 7 nitrogen and oxygen atoms in total. The average molecular weight is 468 g/mol. The number of alkyl halides is 3. The average Bonchev–Trinajstić information content (AvgIpc) is 3.19. The third-order valence-corrected chi connectivity index (χ3v) is 4.69. The zero-order valence-corrected chi connectivity index (χ0v) is 17.6. The molecule has 0 radical (unpaired) electrons. The summed E-state index contributed by atoms with van der Waals surface area (Å²) in [5.74, 6) is 0.571. The molecule has 1 aromatic heterocycles. The van der Waals surface area contributed by atoms with Gasteiger partial charge in [-0.15, -0.1) is 0 Å². The summed E-state index contributed by atoms with van der Waals surface area (Å²) < 4.78 is 71.1. The molecular formula is C21H19F3N2O5S. The van der Waals surface area contributed by atoms with Crippen LogP contribution in [0.5, 0.6) is 5.75 Å². The molecule has 11 heteroatoms. The maximum atomic E-state index is 12.9. The van der Waals surface area contributed by atoms with E-state index in [-0.39, 0.29) is 24.5 Å². The van der Waals surface area contributed by atoms with Crippen molar-refractivity contribution >= 4 is 21.8 Å². The van der Waals surface area contributed by atoms with Crippen LogP contribution in [0.25, 0.3) is 0 Å². The zero-order chi connectivity index (χ0) is 23.4. The molecule has 0 spiro atoms. The molecule has 0 saturated heterocycles. The number of rotatable bonds is 7. The van der Waals surface area contributed by atoms with Gasteiger partial charge in [0, 0.05) is 12.2 Å². The number of furan rings is 1. The van der Waals surface area contributed by atoms with Crippen molar-refractivity contribution in [2.45, 2.75) is 19.3 Å². The quantitative estimate of drug-likeness (QED) is 0.500. The van der Waals surface area contributed by atoms with E-state index < -0.39 is 27.9 Å². The molecule has 3 rings (SSSR count). The van der Waals surface area contributed by atoms with E-state index in [0.717, 1.165) is 30.5 Å². The molecule has 170 valence electrons. The fourth-order valence-electron chi connectivity index (χ4n) is 2.83. The van der Waals surface area contributed by atoms with Crippen molar-refractivity contribution in [3.05, 3.63) is 83.8 Å². The second-order valence-electron chi connectivity index (χ2n) is 6.88. The van der Waals surface area contributed by atoms with Gasteiger partial charge in [0.2, 0.25) is 0 Å². The van der Waals surface area contributed by atoms with Crippen LogP contribution in [0.2, 0.25) is 0 Å². The number of hydrogen-bond donors (Lipinski definition) is 1. The molecule has 0 saturated carbocycles. The van der Waals surface area contributed by atoms with Crippen molar-refractivity contribution in [2.75, 3.05) is 11.6 Å². The first kappa shape index (κ1) is 23.2. The van der Waals surface area contributed by atoms with E-state index >= 15 is 0 Å². The van der Waals surface area contributed by atoms with E-state index in [4.69, 9.17) is 8.60 Å². The lowest BCUT2D eigenvalue weighted by atomic mass is 10.2. The van der Waals surface area contributed by atoms with Gasteiger partial charge < -0.3 is 18.8 Å². The first-order chi connectivity index (χ1) is 15.0. The summed E-state index contributed by atoms with van der Waals surface area (Å²) in [5, 5.41) is 2.56. The Bertz CT molecular complexity index is 1160. The molecule has 2 aromatic carbocycles. The number of amides is 2. The van der Waals surface area contributed by atoms with Crippen molar-refractivity contribution in [1.82, 2.24) is 4.90 Å². The Balaban J connectivity index is 1.78. The molecule has 2 amide bonds. The second kappa shape index (κ2) is 9.35. The van der Waals surface area contributed by atoms with Crippen molar-refractivity contribution in [3.8, 4) is 5.75 Å². The van der Waals surface area contributed by atoms with Gasteiger partial charge in [-0.3, -0.25) is 0 Å². The van der Waals surface area contributed by atoms with Gasteiger partial charge in [-0.25, -0.2) is 4.79 Å². The fourth-order valence-corrected chi connectivity index (χ4v) is 3.28. The zero-order valence-electron chi connectivity index (χ0n) is 16.8. The largest absolute Gasteiger partial charge is 0.467 e. The summed E-state index contributed by atoms with van der Waals surface area (Å²) in [4.78, 5) is 14.2. The molecule has 0 aliphatic heterocycles. The smallest absolute Gasteiger partial charge is 0.416 e. The Morgan fingerprint density at radius 3 is 2.38 bits per heavy atom. The van der Waals surface area contributed by atoms with E-state index in [1.54, 1.807) is 24.3 Å². The number of nitrogens with one attached hydrogen (secondary N) is 1. The minimum absolute atomic E-state index is 0.0497. The van der Waals surface area contributed by atoms with Crippen LogP contribution in [-0.4, -0.2) is 25.6 Å². The number of nitrogens with zero attached hydrogens (tertiary/aromatic N) is 1. The monoisotopic (exact) mass is 468 g/mol. The van der Waals surface area contributed by atoms with Crippen LogP contribution in [0.3, 0.4) is 0 Å². The molecule has 0 fully saturated rings. The summed E-state index contributed by atoms with van der Waals surface area (Å²) in [7, 11) is -3.72. The maximum absolute atomic E-state index is 12.9. The van der Waals surface area contributed by atoms with E-state index in [2.05, 4.69) is 5.32 Å². The highest BCUT2D eigenvalue weighted by molar-refractivity contribution is 7.86. The fraction of sp³-hybridized carbons (Fsp3) is 0.190. The number of carbonyl (C=O) groups is 1. The maximum Gasteiger partial charge on any atom is 0.416 e. The Kier molecular flexibility index (Phi) is 6.78. The van der Waals surface area contributed by atoms with Crippen LogP contribution in [-0.2, 0) is 29.4 Å². The number of benzene rings is 2. The molecule has 1 N–H and O–H groups in total. The highest BCUT2D eigenvalue weighted by Crippen LogP contribution is 2.30. The van der Waals surface area contributed by atoms with Crippen LogP contribution in [0, 0.1) is 0 Å². The number of anilines is 1.